The Balaban J connectivity index is 0.000000892. The van der Waals surface area contributed by atoms with Crippen LogP contribution < -0.4 is 0 Å². The topological polar surface area (TPSA) is 133 Å². The average Bonchev–Trinajstić information content (AvgIpc) is 3.77. The molecule has 7 aromatic rings. The maximum absolute atomic E-state index is 7.28. The van der Waals surface area contributed by atoms with Crippen molar-refractivity contribution in [2.75, 3.05) is 0 Å². The minimum Gasteiger partial charge on any atom is -0.324 e. The normalized spacial score (nSPS) is 11.4. The minimum atomic E-state index is 0.597. The number of hydrogen-bond donors (Lipinski definition) is 2. The molecular formula is C33H18AlN9+2. The van der Waals surface area contributed by atoms with Crippen molar-refractivity contribution in [3.63, 3.8) is 0 Å². The van der Waals surface area contributed by atoms with Gasteiger partial charge < -0.3 is 9.97 Å². The molecule has 2 N–H and O–H groups in total. The average molecular weight is 568 g/mol. The molecule has 0 fully saturated rings. The van der Waals surface area contributed by atoms with Crippen molar-refractivity contribution in [1.29, 1.82) is 5.26 Å². The number of H-pyrrole nitrogens is 2. The summed E-state index contributed by atoms with van der Waals surface area (Å²) in [5.41, 5.74) is 6.45. The largest absolute Gasteiger partial charge is 0.324 e. The molecule has 196 valence electrons. The van der Waals surface area contributed by atoms with Crippen LogP contribution in [-0.4, -0.2) is 56.2 Å². The van der Waals surface area contributed by atoms with E-state index in [4.69, 9.17) is 35.2 Å². The standard InChI is InChI=1S/C32H18N8.CN.Al/c1-2-10-18-17(9-1)25-33-26(18)38-28-21-13-5-6-14-22(21)30(35-28)40-32-24-16-8-7-15-23(24)31(36-32)39-29-20-12-4-3-11-19(20)27(34-29)37-25;1-2;/h1-16H,(H2,33,34,35,36,37,38,39,40);;/q;;+2. The molecule has 9 nitrogen and oxygen atoms in total. The molecule has 10 heteroatoms. The summed E-state index contributed by atoms with van der Waals surface area (Å²) < 4.78 is 0. The van der Waals surface area contributed by atoms with Gasteiger partial charge in [-0.3, -0.25) is 0 Å². The zero-order valence-corrected chi connectivity index (χ0v) is 23.6. The van der Waals surface area contributed by atoms with E-state index in [0.29, 0.717) is 45.9 Å². The fraction of sp³-hybridized carbons (Fsp3) is 0. The number of nitriles is 1. The minimum absolute atomic E-state index is 0.597. The molecule has 0 spiro atoms. The first-order valence-electron chi connectivity index (χ1n) is 13.5. The Kier molecular flexibility index (Phi) is 5.80. The van der Waals surface area contributed by atoms with Gasteiger partial charge in [-0.05, 0) is 0 Å². The number of benzene rings is 4. The second-order valence-corrected chi connectivity index (χ2v) is 10.2. The van der Waals surface area contributed by atoms with Crippen LogP contribution in [0.15, 0.2) is 97.1 Å². The van der Waals surface area contributed by atoms with E-state index in [1.54, 1.807) is 4.93 Å². The third-order valence-corrected chi connectivity index (χ3v) is 7.46. The molecule has 0 radical (unpaired) electrons. The second kappa shape index (κ2) is 9.97. The van der Waals surface area contributed by atoms with E-state index in [-0.39, 0.29) is 0 Å². The molecule has 0 saturated heterocycles. The summed E-state index contributed by atoms with van der Waals surface area (Å²) in [6, 6.07) is 32.2. The van der Waals surface area contributed by atoms with Crippen LogP contribution in [0.25, 0.3) is 89.7 Å². The summed E-state index contributed by atoms with van der Waals surface area (Å²) >= 11 is 1.88. The third-order valence-electron chi connectivity index (χ3n) is 7.46. The molecule has 4 aromatic carbocycles. The predicted molar refractivity (Wildman–Crippen MR) is 167 cm³/mol. The molecule has 9 rings (SSSR count). The monoisotopic (exact) mass is 567 g/mol. The number of hydrogen-bond acceptors (Lipinski definition) is 7. The summed E-state index contributed by atoms with van der Waals surface area (Å²) in [5, 5.41) is 11.1. The van der Waals surface area contributed by atoms with Crippen molar-refractivity contribution < 1.29 is 0 Å². The molecule has 0 amide bonds. The fourth-order valence-electron chi connectivity index (χ4n) is 5.59. The van der Waals surface area contributed by atoms with E-state index in [2.05, 4.69) is 9.97 Å². The smallest absolute Gasteiger partial charge is 0.164 e. The van der Waals surface area contributed by atoms with Gasteiger partial charge in [0.25, 0.3) is 0 Å². The van der Waals surface area contributed by atoms with Crippen molar-refractivity contribution in [2.45, 2.75) is 0 Å². The van der Waals surface area contributed by atoms with E-state index < -0.39 is 0 Å². The molecular weight excluding hydrogens is 549 g/mol. The van der Waals surface area contributed by atoms with Crippen LogP contribution in [-0.2, 0) is 0 Å². The van der Waals surface area contributed by atoms with E-state index in [1.165, 1.54) is 0 Å². The van der Waals surface area contributed by atoms with Crippen molar-refractivity contribution in [1.82, 2.24) is 39.9 Å². The van der Waals surface area contributed by atoms with Gasteiger partial charge in [0.2, 0.25) is 0 Å². The second-order valence-electron chi connectivity index (χ2n) is 9.92. The molecule has 3 aromatic heterocycles. The predicted octanol–water partition coefficient (Wildman–Crippen LogP) is 6.51. The van der Waals surface area contributed by atoms with Gasteiger partial charge in [0.15, 0.2) is 23.3 Å². The quantitative estimate of drug-likeness (QED) is 0.200. The molecule has 5 heterocycles. The third kappa shape index (κ3) is 4.07. The first-order chi connectivity index (χ1) is 21.2. The summed E-state index contributed by atoms with van der Waals surface area (Å²) in [6.07, 6.45) is 0. The van der Waals surface area contributed by atoms with E-state index in [9.17, 15) is 0 Å². The summed E-state index contributed by atoms with van der Waals surface area (Å²) in [7, 11) is 0. The van der Waals surface area contributed by atoms with Gasteiger partial charge in [-0.1, -0.05) is 97.1 Å². The number of aromatic nitrogens is 8. The number of nitrogens with one attached hydrogen (secondary N) is 2. The molecule has 2 aliphatic rings. The Labute approximate surface area is 252 Å². The van der Waals surface area contributed by atoms with E-state index in [0.717, 1.165) is 43.8 Å². The summed E-state index contributed by atoms with van der Waals surface area (Å²) in [4.78, 5) is 38.4. The zero-order chi connectivity index (χ0) is 28.9. The van der Waals surface area contributed by atoms with E-state index >= 15 is 0 Å². The van der Waals surface area contributed by atoms with Crippen LogP contribution in [0.4, 0.5) is 0 Å². The fourth-order valence-corrected chi connectivity index (χ4v) is 5.59. The van der Waals surface area contributed by atoms with Crippen LogP contribution in [0.1, 0.15) is 0 Å². The van der Waals surface area contributed by atoms with Crippen LogP contribution >= 0.6 is 0 Å². The van der Waals surface area contributed by atoms with Gasteiger partial charge in [0.05, 0.1) is 0 Å². The summed E-state index contributed by atoms with van der Waals surface area (Å²) in [5.74, 6) is 2.39. The number of fused-ring (bicyclic) bond motifs is 20. The summed E-state index contributed by atoms with van der Waals surface area (Å²) in [6.45, 7) is 0. The Morgan fingerprint density at radius 3 is 0.907 bits per heavy atom. The Hall–Kier alpha value is -5.74. The van der Waals surface area contributed by atoms with E-state index in [1.807, 2.05) is 113 Å². The van der Waals surface area contributed by atoms with Crippen LogP contribution in [0.3, 0.4) is 0 Å². The Morgan fingerprint density at radius 1 is 0.419 bits per heavy atom. The molecule has 0 saturated carbocycles. The molecule has 0 atom stereocenters. The van der Waals surface area contributed by atoms with Gasteiger partial charge in [-0.2, -0.15) is 0 Å². The molecule has 2 aliphatic heterocycles. The Bertz CT molecular complexity index is 2130. The number of aromatic amines is 2. The van der Waals surface area contributed by atoms with Crippen LogP contribution in [0.2, 0.25) is 0 Å². The van der Waals surface area contributed by atoms with Gasteiger partial charge in [0, 0.05) is 43.8 Å². The number of rotatable bonds is 0. The Morgan fingerprint density at radius 2 is 0.651 bits per heavy atom. The molecule has 8 bridgehead atoms. The van der Waals surface area contributed by atoms with Crippen molar-refractivity contribution >= 4 is 60.4 Å². The molecule has 43 heavy (non-hydrogen) atoms. The van der Waals surface area contributed by atoms with Crippen molar-refractivity contribution in [3.05, 3.63) is 97.1 Å². The zero-order valence-electron chi connectivity index (χ0n) is 22.4. The van der Waals surface area contributed by atoms with Crippen LogP contribution in [0, 0.1) is 10.2 Å². The van der Waals surface area contributed by atoms with Crippen molar-refractivity contribution in [2.24, 2.45) is 0 Å². The number of nitrogens with zero attached hydrogens (tertiary/aromatic N) is 7. The van der Waals surface area contributed by atoms with Gasteiger partial charge in [-0.15, -0.1) is 0 Å². The SMILES string of the molecule is N#[C][Al+2].c1ccc2c(c1)-c1nc-2nc2[nH]c(nc3nc(nc4[nH]c(n1)c1ccccc41)-c1ccccc1-3)c1ccccc21. The van der Waals surface area contributed by atoms with Crippen molar-refractivity contribution in [3.8, 4) is 50.5 Å². The maximum atomic E-state index is 7.28. The molecule has 0 aliphatic carbocycles. The maximum Gasteiger partial charge on any atom is 0.164 e. The molecule has 0 unspecified atom stereocenters. The van der Waals surface area contributed by atoms with Gasteiger partial charge in [0.1, 0.15) is 22.6 Å². The van der Waals surface area contributed by atoms with Crippen LogP contribution in [0.5, 0.6) is 0 Å². The van der Waals surface area contributed by atoms with Gasteiger partial charge >= 0.3 is 26.5 Å². The first-order valence-corrected chi connectivity index (χ1v) is 14.1. The first kappa shape index (κ1) is 25.0. The van der Waals surface area contributed by atoms with Gasteiger partial charge in [-0.25, -0.2) is 29.9 Å².